The maximum atomic E-state index is 11.3. The van der Waals surface area contributed by atoms with Gasteiger partial charge in [0, 0.05) is 31.3 Å². The van der Waals surface area contributed by atoms with E-state index in [9.17, 15) is 4.79 Å². The molecule has 0 saturated carbocycles. The smallest absolute Gasteiger partial charge is 0.223 e. The number of hydrogen-bond acceptors (Lipinski definition) is 4. The number of carbonyl (C=O) groups excluding carboxylic acids is 1. The van der Waals surface area contributed by atoms with Crippen LogP contribution in [0.4, 0.5) is 0 Å². The summed E-state index contributed by atoms with van der Waals surface area (Å²) in [5, 5.41) is 11.8. The summed E-state index contributed by atoms with van der Waals surface area (Å²) in [6.07, 6.45) is 1.51. The van der Waals surface area contributed by atoms with E-state index in [0.29, 0.717) is 13.0 Å². The van der Waals surface area contributed by atoms with Crippen molar-refractivity contribution in [1.82, 2.24) is 10.2 Å². The number of nitrogens with zero attached hydrogens (tertiary/aromatic N) is 1. The number of rotatable bonds is 6. The Balaban J connectivity index is 2.04. The van der Waals surface area contributed by atoms with Crippen LogP contribution < -0.4 is 5.32 Å². The lowest BCUT2D eigenvalue weighted by Gasteiger charge is -2.15. The Bertz CT molecular complexity index is 190. The van der Waals surface area contributed by atoms with Gasteiger partial charge in [-0.25, -0.2) is 0 Å². The summed E-state index contributed by atoms with van der Waals surface area (Å²) in [6.45, 7) is 3.22. The van der Waals surface area contributed by atoms with Crippen LogP contribution in [0.2, 0.25) is 0 Å². The first-order valence-electron chi connectivity index (χ1n) is 5.01. The van der Waals surface area contributed by atoms with Crippen LogP contribution in [0.25, 0.3) is 0 Å². The van der Waals surface area contributed by atoms with E-state index in [0.717, 1.165) is 26.1 Å². The molecule has 1 unspecified atom stereocenters. The van der Waals surface area contributed by atoms with E-state index in [1.807, 2.05) is 4.90 Å². The lowest BCUT2D eigenvalue weighted by Crippen LogP contribution is -2.29. The maximum Gasteiger partial charge on any atom is 0.223 e. The van der Waals surface area contributed by atoms with Gasteiger partial charge in [-0.2, -0.15) is 12.6 Å². The van der Waals surface area contributed by atoms with E-state index in [4.69, 9.17) is 5.11 Å². The van der Waals surface area contributed by atoms with Crippen molar-refractivity contribution in [3.63, 3.8) is 0 Å². The Morgan fingerprint density at radius 2 is 2.36 bits per heavy atom. The molecule has 4 nitrogen and oxygen atoms in total. The second-order valence-electron chi connectivity index (χ2n) is 3.52. The molecule has 0 aromatic rings. The highest BCUT2D eigenvalue weighted by molar-refractivity contribution is 7.81. The van der Waals surface area contributed by atoms with Crippen molar-refractivity contribution in [1.29, 1.82) is 0 Å². The zero-order chi connectivity index (χ0) is 10.4. The molecule has 0 aromatic carbocycles. The molecular formula is C9H18N2O2S. The quantitative estimate of drug-likeness (QED) is 0.416. The third-order valence-corrected chi connectivity index (χ3v) is 2.61. The van der Waals surface area contributed by atoms with Gasteiger partial charge in [-0.1, -0.05) is 0 Å². The number of thiol groups is 1. The van der Waals surface area contributed by atoms with Crippen LogP contribution in [0.15, 0.2) is 0 Å². The van der Waals surface area contributed by atoms with Gasteiger partial charge in [0.1, 0.15) is 0 Å². The predicted octanol–water partition coefficient (Wildman–Crippen LogP) is -0.511. The van der Waals surface area contributed by atoms with Gasteiger partial charge in [0.15, 0.2) is 0 Å². The Morgan fingerprint density at radius 1 is 1.57 bits per heavy atom. The lowest BCUT2D eigenvalue weighted by molar-refractivity contribution is -0.127. The number of hydrogen-bond donors (Lipinski definition) is 3. The Hall–Kier alpha value is -0.260. The number of aliphatic hydroxyl groups is 1. The minimum Gasteiger partial charge on any atom is -0.395 e. The van der Waals surface area contributed by atoms with Crippen molar-refractivity contribution in [3.8, 4) is 0 Å². The Labute approximate surface area is 90.1 Å². The van der Waals surface area contributed by atoms with Crippen LogP contribution in [0.1, 0.15) is 12.8 Å². The average molecular weight is 218 g/mol. The zero-order valence-electron chi connectivity index (χ0n) is 8.28. The molecule has 0 aromatic heterocycles. The van der Waals surface area contributed by atoms with Crippen LogP contribution in [0, 0.1) is 0 Å². The van der Waals surface area contributed by atoms with E-state index >= 15 is 0 Å². The number of amides is 1. The molecule has 1 atom stereocenters. The first-order valence-corrected chi connectivity index (χ1v) is 5.53. The van der Waals surface area contributed by atoms with Crippen molar-refractivity contribution in [3.05, 3.63) is 0 Å². The highest BCUT2D eigenvalue weighted by atomic mass is 32.1. The zero-order valence-corrected chi connectivity index (χ0v) is 9.17. The molecule has 2 N–H and O–H groups in total. The second-order valence-corrected chi connectivity index (χ2v) is 4.26. The minimum atomic E-state index is 0.168. The molecule has 0 spiro atoms. The van der Waals surface area contributed by atoms with Gasteiger partial charge in [-0.05, 0) is 13.0 Å². The van der Waals surface area contributed by atoms with Gasteiger partial charge < -0.3 is 15.3 Å². The van der Waals surface area contributed by atoms with Crippen molar-refractivity contribution >= 4 is 18.5 Å². The van der Waals surface area contributed by atoms with Crippen LogP contribution in [0.5, 0.6) is 0 Å². The van der Waals surface area contributed by atoms with E-state index in [1.165, 1.54) is 0 Å². The molecule has 1 aliphatic heterocycles. The fourth-order valence-corrected chi connectivity index (χ4v) is 1.92. The molecule has 0 radical (unpaired) electrons. The SMILES string of the molecule is O=C1CC(S)CN1CCCNCCO. The number of likely N-dealkylation sites (tertiary alicyclic amines) is 1. The average Bonchev–Trinajstić information content (AvgIpc) is 2.45. The Morgan fingerprint density at radius 3 is 2.93 bits per heavy atom. The lowest BCUT2D eigenvalue weighted by atomic mass is 10.4. The Kier molecular flexibility index (Phi) is 5.29. The van der Waals surface area contributed by atoms with Gasteiger partial charge in [0.05, 0.1) is 6.61 Å². The van der Waals surface area contributed by atoms with E-state index < -0.39 is 0 Å². The molecule has 14 heavy (non-hydrogen) atoms. The first-order chi connectivity index (χ1) is 6.74. The van der Waals surface area contributed by atoms with Gasteiger partial charge in [0.25, 0.3) is 0 Å². The third kappa shape index (κ3) is 3.86. The molecule has 82 valence electrons. The second kappa shape index (κ2) is 6.27. The highest BCUT2D eigenvalue weighted by Gasteiger charge is 2.26. The third-order valence-electron chi connectivity index (χ3n) is 2.26. The molecule has 0 bridgehead atoms. The summed E-state index contributed by atoms with van der Waals surface area (Å²) in [7, 11) is 0. The standard InChI is InChI=1S/C9H18N2O2S/c12-5-3-10-2-1-4-11-7-8(14)6-9(11)13/h8,10,12,14H,1-7H2. The number of aliphatic hydroxyl groups excluding tert-OH is 1. The van der Waals surface area contributed by atoms with Crippen molar-refractivity contribution < 1.29 is 9.90 Å². The number of nitrogens with one attached hydrogen (secondary N) is 1. The van der Waals surface area contributed by atoms with Gasteiger partial charge >= 0.3 is 0 Å². The summed E-state index contributed by atoms with van der Waals surface area (Å²) < 4.78 is 0. The van der Waals surface area contributed by atoms with E-state index in [1.54, 1.807) is 0 Å². The fourth-order valence-electron chi connectivity index (χ4n) is 1.57. The summed E-state index contributed by atoms with van der Waals surface area (Å²) in [5.74, 6) is 0.215. The summed E-state index contributed by atoms with van der Waals surface area (Å²) in [6, 6.07) is 0. The summed E-state index contributed by atoms with van der Waals surface area (Å²) >= 11 is 4.28. The molecule has 1 amide bonds. The van der Waals surface area contributed by atoms with E-state index in [2.05, 4.69) is 17.9 Å². The van der Waals surface area contributed by atoms with Crippen LogP contribution in [0.3, 0.4) is 0 Å². The largest absolute Gasteiger partial charge is 0.395 e. The molecule has 1 heterocycles. The molecule has 5 heteroatoms. The van der Waals surface area contributed by atoms with Crippen LogP contribution >= 0.6 is 12.6 Å². The highest BCUT2D eigenvalue weighted by Crippen LogP contribution is 2.15. The number of carbonyl (C=O) groups is 1. The van der Waals surface area contributed by atoms with Crippen molar-refractivity contribution in [2.24, 2.45) is 0 Å². The molecule has 1 rings (SSSR count). The molecular weight excluding hydrogens is 200 g/mol. The van der Waals surface area contributed by atoms with E-state index in [-0.39, 0.29) is 17.8 Å². The molecule has 0 aliphatic carbocycles. The first kappa shape index (κ1) is 11.8. The normalized spacial score (nSPS) is 22.0. The van der Waals surface area contributed by atoms with Crippen molar-refractivity contribution in [2.45, 2.75) is 18.1 Å². The predicted molar refractivity (Wildman–Crippen MR) is 58.5 cm³/mol. The van der Waals surface area contributed by atoms with Gasteiger partial charge in [-0.15, -0.1) is 0 Å². The topological polar surface area (TPSA) is 52.6 Å². The maximum absolute atomic E-state index is 11.3. The summed E-state index contributed by atoms with van der Waals surface area (Å²) in [4.78, 5) is 13.2. The minimum absolute atomic E-state index is 0.168. The molecule has 1 fully saturated rings. The van der Waals surface area contributed by atoms with Gasteiger partial charge in [-0.3, -0.25) is 4.79 Å². The van der Waals surface area contributed by atoms with Crippen LogP contribution in [-0.4, -0.2) is 53.9 Å². The molecule has 1 aliphatic rings. The monoisotopic (exact) mass is 218 g/mol. The summed E-state index contributed by atoms with van der Waals surface area (Å²) in [5.41, 5.74) is 0. The van der Waals surface area contributed by atoms with Gasteiger partial charge in [0.2, 0.25) is 5.91 Å². The fraction of sp³-hybridized carbons (Fsp3) is 0.889. The molecule has 1 saturated heterocycles. The van der Waals surface area contributed by atoms with Crippen LogP contribution in [-0.2, 0) is 4.79 Å². The van der Waals surface area contributed by atoms with Crippen molar-refractivity contribution in [2.75, 3.05) is 32.8 Å².